The first-order chi connectivity index (χ1) is 9.72. The molecule has 1 aliphatic rings. The molecular formula is C17H13NO2. The summed E-state index contributed by atoms with van der Waals surface area (Å²) in [6.45, 7) is 0.330. The van der Waals surface area contributed by atoms with Gasteiger partial charge in [-0.05, 0) is 17.2 Å². The van der Waals surface area contributed by atoms with Crippen molar-refractivity contribution >= 4 is 17.1 Å². The maximum atomic E-state index is 12.6. The van der Waals surface area contributed by atoms with Gasteiger partial charge in [0.15, 0.2) is 11.6 Å². The van der Waals surface area contributed by atoms with Gasteiger partial charge in [0.1, 0.15) is 0 Å². The van der Waals surface area contributed by atoms with Crippen LogP contribution in [0.25, 0.3) is 5.57 Å². The molecule has 0 bridgehead atoms. The zero-order chi connectivity index (χ0) is 14.1. The van der Waals surface area contributed by atoms with Crippen LogP contribution < -0.4 is 5.73 Å². The van der Waals surface area contributed by atoms with Crippen molar-refractivity contribution in [1.82, 2.24) is 0 Å². The van der Waals surface area contributed by atoms with Crippen molar-refractivity contribution in [2.45, 2.75) is 6.54 Å². The van der Waals surface area contributed by atoms with Crippen LogP contribution >= 0.6 is 0 Å². The molecule has 0 amide bonds. The van der Waals surface area contributed by atoms with Gasteiger partial charge < -0.3 is 5.73 Å². The second-order valence-corrected chi connectivity index (χ2v) is 4.66. The molecule has 0 radical (unpaired) electrons. The molecule has 0 unspecified atom stereocenters. The number of fused-ring (bicyclic) bond motifs is 1. The molecule has 2 aromatic rings. The molecule has 2 N–H and O–H groups in total. The minimum atomic E-state index is -0.137. The van der Waals surface area contributed by atoms with E-state index >= 15 is 0 Å². The molecule has 0 heterocycles. The van der Waals surface area contributed by atoms with Gasteiger partial charge in [-0.15, -0.1) is 0 Å². The SMILES string of the molecule is NCc1ccccc1C1=CC(=O)c2ccccc2C1=O. The number of Topliss-reactive ketones (excluding diaryl/α,β-unsaturated/α-hetero) is 1. The third-order valence-corrected chi connectivity index (χ3v) is 3.48. The molecule has 20 heavy (non-hydrogen) atoms. The minimum absolute atomic E-state index is 0.124. The van der Waals surface area contributed by atoms with E-state index in [0.717, 1.165) is 11.1 Å². The van der Waals surface area contributed by atoms with Crippen LogP contribution in [0.1, 0.15) is 31.8 Å². The van der Waals surface area contributed by atoms with Crippen molar-refractivity contribution in [1.29, 1.82) is 0 Å². The van der Waals surface area contributed by atoms with Crippen molar-refractivity contribution in [2.24, 2.45) is 5.73 Å². The molecule has 2 aromatic carbocycles. The molecule has 0 fully saturated rings. The van der Waals surface area contributed by atoms with Gasteiger partial charge in [0, 0.05) is 23.2 Å². The van der Waals surface area contributed by atoms with Gasteiger partial charge in [-0.2, -0.15) is 0 Å². The van der Waals surface area contributed by atoms with E-state index in [-0.39, 0.29) is 11.6 Å². The van der Waals surface area contributed by atoms with Crippen LogP contribution in [-0.2, 0) is 6.54 Å². The Balaban J connectivity index is 2.18. The molecule has 0 aliphatic heterocycles. The van der Waals surface area contributed by atoms with Crippen LogP contribution in [0.2, 0.25) is 0 Å². The number of nitrogens with two attached hydrogens (primary N) is 1. The van der Waals surface area contributed by atoms with E-state index < -0.39 is 0 Å². The van der Waals surface area contributed by atoms with Gasteiger partial charge >= 0.3 is 0 Å². The Morgan fingerprint density at radius 2 is 1.40 bits per heavy atom. The van der Waals surface area contributed by atoms with Gasteiger partial charge in [0.05, 0.1) is 0 Å². The summed E-state index contributed by atoms with van der Waals surface area (Å²) in [4.78, 5) is 24.7. The van der Waals surface area contributed by atoms with Crippen LogP contribution in [0.5, 0.6) is 0 Å². The van der Waals surface area contributed by atoms with E-state index in [9.17, 15) is 9.59 Å². The normalized spacial score (nSPS) is 13.9. The van der Waals surface area contributed by atoms with Gasteiger partial charge in [-0.25, -0.2) is 0 Å². The zero-order valence-corrected chi connectivity index (χ0v) is 10.8. The summed E-state index contributed by atoms with van der Waals surface area (Å²) in [6, 6.07) is 14.3. The highest BCUT2D eigenvalue weighted by Crippen LogP contribution is 2.29. The maximum Gasteiger partial charge on any atom is 0.194 e. The van der Waals surface area contributed by atoms with Crippen LogP contribution in [0.4, 0.5) is 0 Å². The summed E-state index contributed by atoms with van der Waals surface area (Å²) in [5, 5.41) is 0. The maximum absolute atomic E-state index is 12.6. The fraction of sp³-hybridized carbons (Fsp3) is 0.0588. The van der Waals surface area contributed by atoms with E-state index in [1.807, 2.05) is 24.3 Å². The molecule has 3 rings (SSSR count). The molecule has 0 atom stereocenters. The lowest BCUT2D eigenvalue weighted by atomic mass is 9.85. The van der Waals surface area contributed by atoms with E-state index in [0.29, 0.717) is 23.2 Å². The van der Waals surface area contributed by atoms with Crippen molar-refractivity contribution in [2.75, 3.05) is 0 Å². The lowest BCUT2D eigenvalue weighted by Crippen LogP contribution is -2.17. The Kier molecular flexibility index (Phi) is 3.05. The van der Waals surface area contributed by atoms with E-state index in [1.165, 1.54) is 6.08 Å². The summed E-state index contributed by atoms with van der Waals surface area (Å²) in [5.74, 6) is -0.261. The van der Waals surface area contributed by atoms with Crippen molar-refractivity contribution in [3.05, 3.63) is 76.9 Å². The Labute approximate surface area is 116 Å². The summed E-state index contributed by atoms with van der Waals surface area (Å²) in [5.41, 5.74) is 8.66. The smallest absolute Gasteiger partial charge is 0.194 e. The number of allylic oxidation sites excluding steroid dienone is 2. The molecule has 98 valence electrons. The molecule has 0 aromatic heterocycles. The fourth-order valence-electron chi connectivity index (χ4n) is 2.48. The van der Waals surface area contributed by atoms with E-state index in [2.05, 4.69) is 0 Å². The number of carbonyl (C=O) groups excluding carboxylic acids is 2. The average molecular weight is 263 g/mol. The number of hydrogen-bond donors (Lipinski definition) is 1. The van der Waals surface area contributed by atoms with Gasteiger partial charge in [-0.3, -0.25) is 9.59 Å². The highest BCUT2D eigenvalue weighted by atomic mass is 16.1. The first kappa shape index (κ1) is 12.5. The van der Waals surface area contributed by atoms with Crippen molar-refractivity contribution < 1.29 is 9.59 Å². The first-order valence-electron chi connectivity index (χ1n) is 6.40. The van der Waals surface area contributed by atoms with Crippen LogP contribution in [-0.4, -0.2) is 11.6 Å². The Morgan fingerprint density at radius 3 is 2.10 bits per heavy atom. The van der Waals surface area contributed by atoms with E-state index in [1.54, 1.807) is 24.3 Å². The second kappa shape index (κ2) is 4.87. The van der Waals surface area contributed by atoms with Gasteiger partial charge in [-0.1, -0.05) is 48.5 Å². The highest BCUT2D eigenvalue weighted by Gasteiger charge is 2.26. The van der Waals surface area contributed by atoms with Crippen molar-refractivity contribution in [3.63, 3.8) is 0 Å². The van der Waals surface area contributed by atoms with Crippen LogP contribution in [0.3, 0.4) is 0 Å². The third-order valence-electron chi connectivity index (χ3n) is 3.48. The first-order valence-corrected chi connectivity index (χ1v) is 6.40. The summed E-state index contributed by atoms with van der Waals surface area (Å²) < 4.78 is 0. The molecule has 3 heteroatoms. The third kappa shape index (κ3) is 1.89. The molecular weight excluding hydrogens is 250 g/mol. The Bertz CT molecular complexity index is 744. The molecule has 1 aliphatic carbocycles. The molecule has 0 saturated heterocycles. The molecule has 3 nitrogen and oxygen atoms in total. The van der Waals surface area contributed by atoms with Crippen LogP contribution in [0.15, 0.2) is 54.6 Å². The Hall–Kier alpha value is -2.52. The van der Waals surface area contributed by atoms with Gasteiger partial charge in [0.2, 0.25) is 0 Å². The lowest BCUT2D eigenvalue weighted by molar-refractivity contribution is 0.100. The zero-order valence-electron chi connectivity index (χ0n) is 10.8. The largest absolute Gasteiger partial charge is 0.326 e. The summed E-state index contributed by atoms with van der Waals surface area (Å²) in [6.07, 6.45) is 1.42. The number of benzene rings is 2. The summed E-state index contributed by atoms with van der Waals surface area (Å²) >= 11 is 0. The topological polar surface area (TPSA) is 60.2 Å². The monoisotopic (exact) mass is 263 g/mol. The number of rotatable bonds is 2. The molecule has 0 spiro atoms. The van der Waals surface area contributed by atoms with Crippen molar-refractivity contribution in [3.8, 4) is 0 Å². The van der Waals surface area contributed by atoms with Gasteiger partial charge in [0.25, 0.3) is 0 Å². The highest BCUT2D eigenvalue weighted by molar-refractivity contribution is 6.38. The number of ketones is 2. The average Bonchev–Trinajstić information content (AvgIpc) is 2.51. The quantitative estimate of drug-likeness (QED) is 0.906. The predicted octanol–water partition coefficient (Wildman–Crippen LogP) is 2.61. The van der Waals surface area contributed by atoms with Crippen LogP contribution in [0, 0.1) is 0 Å². The van der Waals surface area contributed by atoms with E-state index in [4.69, 9.17) is 5.73 Å². The predicted molar refractivity (Wildman–Crippen MR) is 77.4 cm³/mol. The Morgan fingerprint density at radius 1 is 0.800 bits per heavy atom. The second-order valence-electron chi connectivity index (χ2n) is 4.66. The minimum Gasteiger partial charge on any atom is -0.326 e. The lowest BCUT2D eigenvalue weighted by Gasteiger charge is -2.17. The fourth-order valence-corrected chi connectivity index (χ4v) is 2.48. The standard InChI is InChI=1S/C17H13NO2/c18-10-11-5-1-2-6-12(11)15-9-16(19)13-7-3-4-8-14(13)17(15)20/h1-9H,10,18H2. The summed E-state index contributed by atoms with van der Waals surface area (Å²) in [7, 11) is 0. The number of hydrogen-bond acceptors (Lipinski definition) is 3. The molecule has 0 saturated carbocycles. The number of carbonyl (C=O) groups is 2.